The quantitative estimate of drug-likeness (QED) is 0.372. The number of nitrogens with one attached hydrogen (secondary N) is 1. The lowest BCUT2D eigenvalue weighted by Gasteiger charge is -2.12. The van der Waals surface area contributed by atoms with Crippen molar-refractivity contribution >= 4 is 0 Å². The topological polar surface area (TPSA) is 90.1 Å². The smallest absolute Gasteiger partial charge is 0.221 e. The third-order valence-corrected chi connectivity index (χ3v) is 5.78. The number of rotatable bonds is 10. The summed E-state index contributed by atoms with van der Waals surface area (Å²) in [7, 11) is 0. The molecular weight excluding hydrogens is 412 g/mol. The van der Waals surface area contributed by atoms with Gasteiger partial charge in [0.1, 0.15) is 5.82 Å². The average Bonchev–Trinajstić information content (AvgIpc) is 3.52. The van der Waals surface area contributed by atoms with Crippen molar-refractivity contribution in [1.82, 2.24) is 40.0 Å². The Bertz CT molecular complexity index is 1150. The summed E-state index contributed by atoms with van der Waals surface area (Å²) in [5, 5.41) is 19.6. The number of tetrazole rings is 1. The summed E-state index contributed by atoms with van der Waals surface area (Å²) in [6.45, 7) is 11.7. The number of benzene rings is 1. The zero-order valence-electron chi connectivity index (χ0n) is 20.3. The minimum Gasteiger partial charge on any atom is -0.313 e. The number of hydrogen-bond acceptors (Lipinski definition) is 5. The molecule has 0 radical (unpaired) electrons. The van der Waals surface area contributed by atoms with Gasteiger partial charge < -0.3 is 4.57 Å². The van der Waals surface area contributed by atoms with Crippen molar-refractivity contribution in [3.63, 3.8) is 0 Å². The lowest BCUT2D eigenvalue weighted by molar-refractivity contribution is 0.592. The number of aromatic amines is 1. The Kier molecular flexibility index (Phi) is 7.01. The summed E-state index contributed by atoms with van der Waals surface area (Å²) in [4.78, 5) is 4.83. The van der Waals surface area contributed by atoms with Gasteiger partial charge in [-0.15, -0.1) is 10.2 Å². The second kappa shape index (κ2) is 10.1. The maximum Gasteiger partial charge on any atom is 0.221 e. The predicted molar refractivity (Wildman–Crippen MR) is 129 cm³/mol. The molecule has 0 amide bonds. The van der Waals surface area contributed by atoms with E-state index in [0.717, 1.165) is 55.3 Å². The number of H-pyrrole nitrogens is 1. The van der Waals surface area contributed by atoms with Gasteiger partial charge in [0.2, 0.25) is 5.82 Å². The SMILES string of the molecule is CCCCc1nc(CC(C)C)nn1Cc1ccc(-n2ccc(C(C)C)c2-c2nn[nH]n2)cc1. The molecule has 8 heteroatoms. The normalized spacial score (nSPS) is 11.7. The van der Waals surface area contributed by atoms with E-state index in [4.69, 9.17) is 10.1 Å². The van der Waals surface area contributed by atoms with Gasteiger partial charge in [-0.25, -0.2) is 9.67 Å². The Morgan fingerprint density at radius 3 is 2.45 bits per heavy atom. The molecule has 0 saturated heterocycles. The van der Waals surface area contributed by atoms with Crippen molar-refractivity contribution in [3.05, 3.63) is 59.3 Å². The van der Waals surface area contributed by atoms with E-state index in [1.807, 2.05) is 0 Å². The van der Waals surface area contributed by atoms with Gasteiger partial charge in [0, 0.05) is 24.7 Å². The van der Waals surface area contributed by atoms with Crippen LogP contribution in [0.25, 0.3) is 17.2 Å². The molecular formula is C25H34N8. The first-order valence-corrected chi connectivity index (χ1v) is 11.9. The molecule has 4 aromatic rings. The molecule has 1 N–H and O–H groups in total. The third kappa shape index (κ3) is 5.21. The molecule has 0 aliphatic heterocycles. The van der Waals surface area contributed by atoms with Crippen molar-refractivity contribution in [2.24, 2.45) is 5.92 Å². The maximum atomic E-state index is 4.83. The summed E-state index contributed by atoms with van der Waals surface area (Å²) in [5.41, 5.74) is 4.44. The van der Waals surface area contributed by atoms with Gasteiger partial charge in [-0.3, -0.25) is 0 Å². The first-order chi connectivity index (χ1) is 16.0. The molecule has 0 aliphatic rings. The Balaban J connectivity index is 1.60. The van der Waals surface area contributed by atoms with E-state index < -0.39 is 0 Å². The van der Waals surface area contributed by atoms with Crippen molar-refractivity contribution in [3.8, 4) is 17.2 Å². The van der Waals surface area contributed by atoms with E-state index in [2.05, 4.69) is 101 Å². The van der Waals surface area contributed by atoms with Crippen LogP contribution in [0, 0.1) is 5.92 Å². The molecule has 3 heterocycles. The van der Waals surface area contributed by atoms with E-state index in [0.29, 0.717) is 17.7 Å². The number of hydrogen-bond donors (Lipinski definition) is 1. The zero-order valence-corrected chi connectivity index (χ0v) is 20.3. The molecule has 0 unspecified atom stereocenters. The van der Waals surface area contributed by atoms with Crippen LogP contribution in [-0.4, -0.2) is 40.0 Å². The van der Waals surface area contributed by atoms with Crippen LogP contribution in [0.2, 0.25) is 0 Å². The predicted octanol–water partition coefficient (Wildman–Crippen LogP) is 4.96. The summed E-state index contributed by atoms with van der Waals surface area (Å²) in [6, 6.07) is 10.7. The van der Waals surface area contributed by atoms with Crippen LogP contribution < -0.4 is 0 Å². The van der Waals surface area contributed by atoms with Crippen LogP contribution in [0.4, 0.5) is 0 Å². The van der Waals surface area contributed by atoms with Gasteiger partial charge in [0.15, 0.2) is 5.82 Å². The van der Waals surface area contributed by atoms with Crippen LogP contribution in [-0.2, 0) is 19.4 Å². The molecule has 3 aromatic heterocycles. The van der Waals surface area contributed by atoms with Gasteiger partial charge in [0.25, 0.3) is 0 Å². The van der Waals surface area contributed by atoms with Crippen LogP contribution in [0.15, 0.2) is 36.5 Å². The van der Waals surface area contributed by atoms with Crippen LogP contribution >= 0.6 is 0 Å². The molecule has 0 atom stereocenters. The second-order valence-corrected chi connectivity index (χ2v) is 9.35. The van der Waals surface area contributed by atoms with Gasteiger partial charge >= 0.3 is 0 Å². The molecule has 33 heavy (non-hydrogen) atoms. The number of aromatic nitrogens is 8. The fraction of sp³-hybridized carbons (Fsp3) is 0.480. The van der Waals surface area contributed by atoms with Gasteiger partial charge in [-0.2, -0.15) is 10.3 Å². The third-order valence-electron chi connectivity index (χ3n) is 5.78. The van der Waals surface area contributed by atoms with Crippen molar-refractivity contribution in [2.75, 3.05) is 0 Å². The van der Waals surface area contributed by atoms with E-state index >= 15 is 0 Å². The first-order valence-electron chi connectivity index (χ1n) is 11.9. The highest BCUT2D eigenvalue weighted by molar-refractivity contribution is 5.61. The number of unbranched alkanes of at least 4 members (excludes halogenated alkanes) is 1. The lowest BCUT2D eigenvalue weighted by atomic mass is 10.0. The van der Waals surface area contributed by atoms with Gasteiger partial charge in [0.05, 0.1) is 12.2 Å². The average molecular weight is 447 g/mol. The summed E-state index contributed by atoms with van der Waals surface area (Å²) in [5.74, 6) is 3.54. The van der Waals surface area contributed by atoms with E-state index in [1.54, 1.807) is 0 Å². The lowest BCUT2D eigenvalue weighted by Crippen LogP contribution is -2.08. The van der Waals surface area contributed by atoms with Crippen molar-refractivity contribution < 1.29 is 0 Å². The highest BCUT2D eigenvalue weighted by atomic mass is 15.5. The molecule has 1 aromatic carbocycles. The van der Waals surface area contributed by atoms with Crippen LogP contribution in [0.3, 0.4) is 0 Å². The molecule has 0 fully saturated rings. The minimum absolute atomic E-state index is 0.355. The molecule has 0 saturated carbocycles. The van der Waals surface area contributed by atoms with Crippen molar-refractivity contribution in [1.29, 1.82) is 0 Å². The standard InChI is InChI=1S/C25H34N8/c1-6-7-8-23-26-22(15-17(2)3)29-33(23)16-19-9-11-20(12-10-19)32-14-13-21(18(4)5)24(32)25-27-30-31-28-25/h9-14,17-18H,6-8,15-16H2,1-5H3,(H,27,28,30,31). The molecule has 0 aliphatic carbocycles. The number of aryl methyl sites for hydroxylation is 1. The summed E-state index contributed by atoms with van der Waals surface area (Å²) in [6.07, 6.45) is 6.24. The van der Waals surface area contributed by atoms with Crippen LogP contribution in [0.5, 0.6) is 0 Å². The Labute approximate surface area is 195 Å². The molecule has 0 spiro atoms. The molecule has 0 bridgehead atoms. The summed E-state index contributed by atoms with van der Waals surface area (Å²) < 4.78 is 4.21. The minimum atomic E-state index is 0.355. The van der Waals surface area contributed by atoms with E-state index in [-0.39, 0.29) is 0 Å². The Morgan fingerprint density at radius 1 is 1.03 bits per heavy atom. The zero-order chi connectivity index (χ0) is 23.4. The van der Waals surface area contributed by atoms with Crippen LogP contribution in [0.1, 0.15) is 76.2 Å². The molecule has 174 valence electrons. The summed E-state index contributed by atoms with van der Waals surface area (Å²) >= 11 is 0. The fourth-order valence-electron chi connectivity index (χ4n) is 4.09. The van der Waals surface area contributed by atoms with Gasteiger partial charge in [-0.1, -0.05) is 53.2 Å². The Morgan fingerprint density at radius 2 is 1.82 bits per heavy atom. The fourth-order valence-corrected chi connectivity index (χ4v) is 4.09. The molecule has 4 rings (SSSR count). The second-order valence-electron chi connectivity index (χ2n) is 9.35. The largest absolute Gasteiger partial charge is 0.313 e. The highest BCUT2D eigenvalue weighted by Crippen LogP contribution is 2.30. The monoisotopic (exact) mass is 446 g/mol. The number of nitrogens with zero attached hydrogens (tertiary/aromatic N) is 7. The first kappa shape index (κ1) is 22.9. The van der Waals surface area contributed by atoms with Crippen molar-refractivity contribution in [2.45, 2.75) is 72.8 Å². The maximum absolute atomic E-state index is 4.83. The van der Waals surface area contributed by atoms with Gasteiger partial charge in [-0.05, 0) is 52.8 Å². The highest BCUT2D eigenvalue weighted by Gasteiger charge is 2.19. The molecule has 8 nitrogen and oxygen atoms in total. The van der Waals surface area contributed by atoms with E-state index in [1.165, 1.54) is 11.1 Å². The Hall–Kier alpha value is -3.29. The van der Waals surface area contributed by atoms with E-state index in [9.17, 15) is 0 Å².